The van der Waals surface area contributed by atoms with E-state index in [0.29, 0.717) is 6.42 Å². The van der Waals surface area contributed by atoms with Crippen LogP contribution in [0, 0.1) is 13.8 Å². The zero-order valence-corrected chi connectivity index (χ0v) is 11.2. The van der Waals surface area contributed by atoms with Gasteiger partial charge in [-0.2, -0.15) is 0 Å². The molecule has 0 aliphatic heterocycles. The molecule has 0 saturated heterocycles. The van der Waals surface area contributed by atoms with Crippen molar-refractivity contribution in [3.63, 3.8) is 0 Å². The molecule has 0 amide bonds. The molecule has 0 unspecified atom stereocenters. The predicted octanol–water partition coefficient (Wildman–Crippen LogP) is 3.09. The number of carboxylic acids is 1. The molecule has 0 radical (unpaired) electrons. The van der Waals surface area contributed by atoms with Crippen LogP contribution in [0.1, 0.15) is 23.1 Å². The first-order chi connectivity index (χ1) is 7.47. The minimum atomic E-state index is -0.793. The van der Waals surface area contributed by atoms with Gasteiger partial charge in [-0.3, -0.25) is 4.79 Å². The zero-order valence-electron chi connectivity index (χ0n) is 9.63. The Morgan fingerprint density at radius 1 is 1.44 bits per heavy atom. The Morgan fingerprint density at radius 3 is 2.56 bits per heavy atom. The second-order valence-corrected chi connectivity index (χ2v) is 4.52. The van der Waals surface area contributed by atoms with E-state index in [9.17, 15) is 4.79 Å². The Bertz CT molecular complexity index is 413. The normalized spacial score (nSPS) is 10.2. The molecular formula is C12H15BrO3. The largest absolute Gasteiger partial charge is 0.495 e. The van der Waals surface area contributed by atoms with Crippen molar-refractivity contribution in [2.75, 3.05) is 7.11 Å². The number of halogens is 1. The number of aryl methyl sites for hydroxylation is 2. The maximum atomic E-state index is 10.6. The highest BCUT2D eigenvalue weighted by atomic mass is 79.9. The van der Waals surface area contributed by atoms with E-state index < -0.39 is 5.97 Å². The molecule has 0 atom stereocenters. The van der Waals surface area contributed by atoms with Crippen molar-refractivity contribution in [1.29, 1.82) is 0 Å². The molecule has 0 aliphatic carbocycles. The number of rotatable bonds is 4. The van der Waals surface area contributed by atoms with E-state index in [4.69, 9.17) is 9.84 Å². The predicted molar refractivity (Wildman–Crippen MR) is 66.1 cm³/mol. The third kappa shape index (κ3) is 2.76. The lowest BCUT2D eigenvalue weighted by atomic mass is 10.00. The Labute approximate surface area is 104 Å². The fourth-order valence-electron chi connectivity index (χ4n) is 1.72. The number of hydrogen-bond acceptors (Lipinski definition) is 2. The standard InChI is InChI=1S/C12H15BrO3/c1-7-6-8(2)11(13)12(16-3)9(7)4-5-10(14)15/h6H,4-5H2,1-3H3,(H,14,15). The van der Waals surface area contributed by atoms with E-state index in [1.807, 2.05) is 19.9 Å². The maximum Gasteiger partial charge on any atom is 0.303 e. The SMILES string of the molecule is COc1c(Br)c(C)cc(C)c1CCC(=O)O. The third-order valence-electron chi connectivity index (χ3n) is 2.52. The maximum absolute atomic E-state index is 10.6. The van der Waals surface area contributed by atoms with Gasteiger partial charge in [0.15, 0.2) is 0 Å². The van der Waals surface area contributed by atoms with Crippen molar-refractivity contribution < 1.29 is 14.6 Å². The Morgan fingerprint density at radius 2 is 2.06 bits per heavy atom. The average Bonchev–Trinajstić information content (AvgIpc) is 2.21. The van der Waals surface area contributed by atoms with Crippen LogP contribution >= 0.6 is 15.9 Å². The molecule has 0 spiro atoms. The molecule has 0 fully saturated rings. The summed E-state index contributed by atoms with van der Waals surface area (Å²) in [7, 11) is 1.60. The quantitative estimate of drug-likeness (QED) is 0.925. The monoisotopic (exact) mass is 286 g/mol. The highest BCUT2D eigenvalue weighted by Gasteiger charge is 2.14. The van der Waals surface area contributed by atoms with E-state index in [-0.39, 0.29) is 6.42 Å². The smallest absolute Gasteiger partial charge is 0.303 e. The molecule has 0 aromatic heterocycles. The Kier molecular flexibility index (Phi) is 4.35. The van der Waals surface area contributed by atoms with Gasteiger partial charge in [-0.05, 0) is 52.9 Å². The highest BCUT2D eigenvalue weighted by Crippen LogP contribution is 2.35. The summed E-state index contributed by atoms with van der Waals surface area (Å²) in [6.45, 7) is 3.96. The van der Waals surface area contributed by atoms with Gasteiger partial charge >= 0.3 is 5.97 Å². The van der Waals surface area contributed by atoms with Crippen molar-refractivity contribution in [2.24, 2.45) is 0 Å². The van der Waals surface area contributed by atoms with E-state index in [0.717, 1.165) is 26.9 Å². The summed E-state index contributed by atoms with van der Waals surface area (Å²) in [5.74, 6) is -0.0445. The number of hydrogen-bond donors (Lipinski definition) is 1. The summed E-state index contributed by atoms with van der Waals surface area (Å²) >= 11 is 3.46. The van der Waals surface area contributed by atoms with E-state index in [2.05, 4.69) is 15.9 Å². The van der Waals surface area contributed by atoms with Gasteiger partial charge in [0.2, 0.25) is 0 Å². The number of ether oxygens (including phenoxy) is 1. The molecule has 4 heteroatoms. The number of methoxy groups -OCH3 is 1. The summed E-state index contributed by atoms with van der Waals surface area (Å²) in [6.07, 6.45) is 0.607. The first-order valence-corrected chi connectivity index (χ1v) is 5.81. The molecule has 1 rings (SSSR count). The van der Waals surface area contributed by atoms with Gasteiger partial charge in [0.1, 0.15) is 5.75 Å². The van der Waals surface area contributed by atoms with Crippen molar-refractivity contribution in [3.8, 4) is 5.75 Å². The van der Waals surface area contributed by atoms with E-state index in [1.165, 1.54) is 0 Å². The van der Waals surface area contributed by atoms with Gasteiger partial charge in [0.25, 0.3) is 0 Å². The lowest BCUT2D eigenvalue weighted by Crippen LogP contribution is -2.03. The molecule has 1 aromatic rings. The van der Waals surface area contributed by atoms with Crippen LogP contribution in [0.5, 0.6) is 5.75 Å². The number of carboxylic acid groups (broad SMARTS) is 1. The second-order valence-electron chi connectivity index (χ2n) is 3.73. The van der Waals surface area contributed by atoms with Gasteiger partial charge < -0.3 is 9.84 Å². The number of aliphatic carboxylic acids is 1. The first kappa shape index (κ1) is 13.0. The van der Waals surface area contributed by atoms with Crippen molar-refractivity contribution >= 4 is 21.9 Å². The Hall–Kier alpha value is -1.03. The molecule has 0 bridgehead atoms. The van der Waals surface area contributed by atoms with Crippen molar-refractivity contribution in [1.82, 2.24) is 0 Å². The van der Waals surface area contributed by atoms with Crippen LogP contribution in [-0.4, -0.2) is 18.2 Å². The third-order valence-corrected chi connectivity index (χ3v) is 3.51. The van der Waals surface area contributed by atoms with Gasteiger partial charge in [0.05, 0.1) is 11.6 Å². The fourth-order valence-corrected chi connectivity index (χ4v) is 2.24. The minimum Gasteiger partial charge on any atom is -0.495 e. The minimum absolute atomic E-state index is 0.118. The average molecular weight is 287 g/mol. The fraction of sp³-hybridized carbons (Fsp3) is 0.417. The molecule has 0 heterocycles. The summed E-state index contributed by atoms with van der Waals surface area (Å²) in [5, 5.41) is 8.70. The van der Waals surface area contributed by atoms with Crippen LogP contribution in [-0.2, 0) is 11.2 Å². The summed E-state index contributed by atoms with van der Waals surface area (Å²) in [5.41, 5.74) is 3.12. The van der Waals surface area contributed by atoms with Crippen LogP contribution in [0.15, 0.2) is 10.5 Å². The number of benzene rings is 1. The lowest BCUT2D eigenvalue weighted by Gasteiger charge is -2.14. The molecule has 0 aliphatic rings. The topological polar surface area (TPSA) is 46.5 Å². The van der Waals surface area contributed by atoms with Gasteiger partial charge in [-0.15, -0.1) is 0 Å². The summed E-state index contributed by atoms with van der Waals surface area (Å²) < 4.78 is 6.23. The van der Waals surface area contributed by atoms with Crippen LogP contribution in [0.3, 0.4) is 0 Å². The van der Waals surface area contributed by atoms with Crippen LogP contribution in [0.25, 0.3) is 0 Å². The van der Waals surface area contributed by atoms with Crippen molar-refractivity contribution in [2.45, 2.75) is 26.7 Å². The van der Waals surface area contributed by atoms with E-state index in [1.54, 1.807) is 7.11 Å². The van der Waals surface area contributed by atoms with Crippen LogP contribution in [0.2, 0.25) is 0 Å². The summed E-state index contributed by atoms with van der Waals surface area (Å²) in [4.78, 5) is 10.6. The van der Waals surface area contributed by atoms with Gasteiger partial charge in [0, 0.05) is 6.42 Å². The van der Waals surface area contributed by atoms with Gasteiger partial charge in [-0.1, -0.05) is 6.07 Å². The first-order valence-electron chi connectivity index (χ1n) is 5.01. The van der Waals surface area contributed by atoms with Gasteiger partial charge in [-0.25, -0.2) is 0 Å². The molecule has 0 saturated carbocycles. The molecular weight excluding hydrogens is 272 g/mol. The lowest BCUT2D eigenvalue weighted by molar-refractivity contribution is -0.136. The molecule has 3 nitrogen and oxygen atoms in total. The van der Waals surface area contributed by atoms with E-state index >= 15 is 0 Å². The van der Waals surface area contributed by atoms with Crippen LogP contribution < -0.4 is 4.74 Å². The second kappa shape index (κ2) is 5.34. The Balaban J connectivity index is 3.15. The molecule has 1 aromatic carbocycles. The van der Waals surface area contributed by atoms with Crippen molar-refractivity contribution in [3.05, 3.63) is 27.2 Å². The molecule has 1 N–H and O–H groups in total. The number of carbonyl (C=O) groups is 1. The summed E-state index contributed by atoms with van der Waals surface area (Å²) in [6, 6.07) is 2.03. The van der Waals surface area contributed by atoms with Crippen LogP contribution in [0.4, 0.5) is 0 Å². The molecule has 88 valence electrons. The zero-order chi connectivity index (χ0) is 12.3. The highest BCUT2D eigenvalue weighted by molar-refractivity contribution is 9.10. The molecule has 16 heavy (non-hydrogen) atoms.